The molecule has 34 heavy (non-hydrogen) atoms. The fraction of sp³-hybridized carbons (Fsp3) is 0.200. The standard InChI is InChI=1S/C25H25N5O3S/c1-4-30-24(18-12-13-21(32-2)22(14-18)33-3)28-29-25(30)34-16-23(31)27-26-15-19-10-7-9-17-8-5-6-11-20(17)19/h5-15H,4,16H2,1-3H3,(H,27,31)/b26-15-. The number of benzene rings is 3. The van der Waals surface area contributed by atoms with Crippen LogP contribution in [0.3, 0.4) is 0 Å². The summed E-state index contributed by atoms with van der Waals surface area (Å²) in [4.78, 5) is 12.4. The molecule has 9 heteroatoms. The van der Waals surface area contributed by atoms with E-state index in [2.05, 4.69) is 20.7 Å². The van der Waals surface area contributed by atoms with Crippen molar-refractivity contribution in [3.8, 4) is 22.9 Å². The summed E-state index contributed by atoms with van der Waals surface area (Å²) >= 11 is 1.31. The highest BCUT2D eigenvalue weighted by atomic mass is 32.2. The number of rotatable bonds is 9. The van der Waals surface area contributed by atoms with Crippen LogP contribution in [0.2, 0.25) is 0 Å². The molecule has 1 amide bonds. The number of aromatic nitrogens is 3. The van der Waals surface area contributed by atoms with E-state index in [4.69, 9.17) is 9.47 Å². The maximum Gasteiger partial charge on any atom is 0.250 e. The monoisotopic (exact) mass is 475 g/mol. The van der Waals surface area contributed by atoms with Crippen molar-refractivity contribution < 1.29 is 14.3 Å². The zero-order valence-corrected chi connectivity index (χ0v) is 20.0. The average Bonchev–Trinajstić information content (AvgIpc) is 3.30. The number of amides is 1. The molecule has 3 aromatic carbocycles. The molecule has 4 rings (SSSR count). The topological polar surface area (TPSA) is 90.6 Å². The van der Waals surface area contributed by atoms with Gasteiger partial charge < -0.3 is 14.0 Å². The van der Waals surface area contributed by atoms with E-state index in [9.17, 15) is 4.79 Å². The fourth-order valence-corrected chi connectivity index (χ4v) is 4.36. The quantitative estimate of drug-likeness (QED) is 0.220. The van der Waals surface area contributed by atoms with Crippen LogP contribution in [0, 0.1) is 0 Å². The first kappa shape index (κ1) is 23.3. The van der Waals surface area contributed by atoms with Crippen LogP contribution in [0.25, 0.3) is 22.2 Å². The normalized spacial score (nSPS) is 11.1. The van der Waals surface area contributed by atoms with Crippen molar-refractivity contribution in [2.24, 2.45) is 5.10 Å². The zero-order valence-electron chi connectivity index (χ0n) is 19.2. The van der Waals surface area contributed by atoms with Crippen molar-refractivity contribution in [1.82, 2.24) is 20.2 Å². The molecule has 0 radical (unpaired) electrons. The van der Waals surface area contributed by atoms with Crippen LogP contribution in [0.15, 0.2) is 70.9 Å². The van der Waals surface area contributed by atoms with Gasteiger partial charge in [0.2, 0.25) is 0 Å². The number of hydrogen-bond donors (Lipinski definition) is 1. The van der Waals surface area contributed by atoms with Crippen molar-refractivity contribution in [1.29, 1.82) is 0 Å². The molecule has 0 spiro atoms. The first-order chi connectivity index (χ1) is 16.6. The van der Waals surface area contributed by atoms with Gasteiger partial charge in [0.1, 0.15) is 0 Å². The van der Waals surface area contributed by atoms with Gasteiger partial charge in [-0.1, -0.05) is 54.2 Å². The predicted octanol–water partition coefficient (Wildman–Crippen LogP) is 4.38. The van der Waals surface area contributed by atoms with E-state index in [1.807, 2.05) is 72.2 Å². The lowest BCUT2D eigenvalue weighted by molar-refractivity contribution is -0.118. The predicted molar refractivity (Wildman–Crippen MR) is 135 cm³/mol. The molecule has 0 saturated carbocycles. The Balaban J connectivity index is 1.41. The van der Waals surface area contributed by atoms with E-state index in [0.29, 0.717) is 29.0 Å². The zero-order chi connectivity index (χ0) is 23.9. The number of carbonyl (C=O) groups excluding carboxylic acids is 1. The molecular formula is C25H25N5O3S. The van der Waals surface area contributed by atoms with Crippen LogP contribution in [0.1, 0.15) is 12.5 Å². The van der Waals surface area contributed by atoms with Gasteiger partial charge in [-0.05, 0) is 35.9 Å². The van der Waals surface area contributed by atoms with E-state index in [0.717, 1.165) is 21.9 Å². The Morgan fingerprint density at radius 1 is 1.06 bits per heavy atom. The Kier molecular flexibility index (Phi) is 7.44. The molecular weight excluding hydrogens is 450 g/mol. The van der Waals surface area contributed by atoms with Crippen molar-refractivity contribution >= 4 is 34.7 Å². The molecule has 8 nitrogen and oxygen atoms in total. The van der Waals surface area contributed by atoms with Gasteiger partial charge in [0.25, 0.3) is 5.91 Å². The number of nitrogens with zero attached hydrogens (tertiary/aromatic N) is 4. The molecule has 0 bridgehead atoms. The van der Waals surface area contributed by atoms with Crippen LogP contribution in [-0.4, -0.2) is 46.9 Å². The minimum Gasteiger partial charge on any atom is -0.493 e. The number of nitrogens with one attached hydrogen (secondary N) is 1. The molecule has 4 aromatic rings. The van der Waals surface area contributed by atoms with E-state index in [-0.39, 0.29) is 11.7 Å². The van der Waals surface area contributed by atoms with Gasteiger partial charge in [-0.2, -0.15) is 5.10 Å². The highest BCUT2D eigenvalue weighted by Gasteiger charge is 2.16. The van der Waals surface area contributed by atoms with Crippen molar-refractivity contribution in [3.63, 3.8) is 0 Å². The fourth-order valence-electron chi connectivity index (χ4n) is 3.57. The lowest BCUT2D eigenvalue weighted by Crippen LogP contribution is -2.20. The Morgan fingerprint density at radius 3 is 2.65 bits per heavy atom. The average molecular weight is 476 g/mol. The summed E-state index contributed by atoms with van der Waals surface area (Å²) in [5.41, 5.74) is 4.38. The van der Waals surface area contributed by atoms with Crippen molar-refractivity contribution in [2.45, 2.75) is 18.6 Å². The maximum atomic E-state index is 12.4. The summed E-state index contributed by atoms with van der Waals surface area (Å²) in [6, 6.07) is 19.6. The first-order valence-electron chi connectivity index (χ1n) is 10.7. The summed E-state index contributed by atoms with van der Waals surface area (Å²) in [6.07, 6.45) is 1.66. The molecule has 174 valence electrons. The summed E-state index contributed by atoms with van der Waals surface area (Å²) in [6.45, 7) is 2.66. The minimum atomic E-state index is -0.222. The maximum absolute atomic E-state index is 12.4. The largest absolute Gasteiger partial charge is 0.493 e. The number of methoxy groups -OCH3 is 2. The Bertz CT molecular complexity index is 1330. The van der Waals surface area contributed by atoms with Gasteiger partial charge in [-0.25, -0.2) is 5.43 Å². The summed E-state index contributed by atoms with van der Waals surface area (Å²) in [5, 5.41) is 15.6. The third kappa shape index (κ3) is 5.04. The molecule has 1 N–H and O–H groups in total. The highest BCUT2D eigenvalue weighted by Crippen LogP contribution is 2.32. The second-order valence-electron chi connectivity index (χ2n) is 7.27. The summed E-state index contributed by atoms with van der Waals surface area (Å²) in [7, 11) is 3.19. The Morgan fingerprint density at radius 2 is 1.85 bits per heavy atom. The van der Waals surface area contributed by atoms with Crippen LogP contribution in [-0.2, 0) is 11.3 Å². The number of fused-ring (bicyclic) bond motifs is 1. The second kappa shape index (κ2) is 10.8. The molecule has 0 aliphatic rings. The van der Waals surface area contributed by atoms with Gasteiger partial charge in [0.05, 0.1) is 26.2 Å². The third-order valence-electron chi connectivity index (χ3n) is 5.22. The first-order valence-corrected chi connectivity index (χ1v) is 11.7. The van der Waals surface area contributed by atoms with Crippen molar-refractivity contribution in [3.05, 3.63) is 66.2 Å². The smallest absolute Gasteiger partial charge is 0.250 e. The van der Waals surface area contributed by atoms with Crippen LogP contribution in [0.4, 0.5) is 0 Å². The van der Waals surface area contributed by atoms with Gasteiger partial charge in [0, 0.05) is 17.7 Å². The van der Waals surface area contributed by atoms with E-state index in [1.54, 1.807) is 20.4 Å². The summed E-state index contributed by atoms with van der Waals surface area (Å²) in [5.74, 6) is 1.89. The van der Waals surface area contributed by atoms with E-state index >= 15 is 0 Å². The molecule has 0 unspecified atom stereocenters. The van der Waals surface area contributed by atoms with Gasteiger partial charge in [-0.15, -0.1) is 10.2 Å². The molecule has 0 saturated heterocycles. The summed E-state index contributed by atoms with van der Waals surface area (Å²) < 4.78 is 12.7. The number of hydrogen-bond acceptors (Lipinski definition) is 7. The molecule has 1 heterocycles. The van der Waals surface area contributed by atoms with Crippen molar-refractivity contribution in [2.75, 3.05) is 20.0 Å². The highest BCUT2D eigenvalue weighted by molar-refractivity contribution is 7.99. The molecule has 0 atom stereocenters. The van der Waals surface area contributed by atoms with E-state index in [1.165, 1.54) is 11.8 Å². The molecule has 1 aromatic heterocycles. The van der Waals surface area contributed by atoms with Crippen LogP contribution < -0.4 is 14.9 Å². The number of hydrazone groups is 1. The lowest BCUT2D eigenvalue weighted by atomic mass is 10.1. The third-order valence-corrected chi connectivity index (χ3v) is 6.19. The Hall–Kier alpha value is -3.85. The Labute approximate surface area is 202 Å². The molecule has 0 aliphatic carbocycles. The van der Waals surface area contributed by atoms with Crippen LogP contribution >= 0.6 is 11.8 Å². The SMILES string of the molecule is CCn1c(SCC(=O)N/N=C\c2cccc3ccccc23)nnc1-c1ccc(OC)c(OC)c1. The minimum absolute atomic E-state index is 0.164. The number of thioether (sulfide) groups is 1. The second-order valence-corrected chi connectivity index (χ2v) is 8.21. The van der Waals surface area contributed by atoms with Gasteiger partial charge in [-0.3, -0.25) is 4.79 Å². The lowest BCUT2D eigenvalue weighted by Gasteiger charge is -2.10. The van der Waals surface area contributed by atoms with Gasteiger partial charge in [0.15, 0.2) is 22.5 Å². The number of ether oxygens (including phenoxy) is 2. The van der Waals surface area contributed by atoms with Crippen LogP contribution in [0.5, 0.6) is 11.5 Å². The molecule has 0 aliphatic heterocycles. The number of carbonyl (C=O) groups is 1. The molecule has 0 fully saturated rings. The van der Waals surface area contributed by atoms with E-state index < -0.39 is 0 Å². The van der Waals surface area contributed by atoms with Gasteiger partial charge >= 0.3 is 0 Å².